The van der Waals surface area contributed by atoms with Crippen molar-refractivity contribution in [1.29, 1.82) is 5.41 Å². The first-order valence-electron chi connectivity index (χ1n) is 7.16. The number of amides is 1. The number of amidine groups is 1. The van der Waals surface area contributed by atoms with E-state index in [-0.39, 0.29) is 19.7 Å². The summed E-state index contributed by atoms with van der Waals surface area (Å²) >= 11 is 5.88. The fourth-order valence-electron chi connectivity index (χ4n) is 2.51. The van der Waals surface area contributed by atoms with E-state index in [1.165, 1.54) is 11.0 Å². The Morgan fingerprint density at radius 1 is 1.12 bits per heavy atom. The zero-order chi connectivity index (χ0) is 17.3. The van der Waals surface area contributed by atoms with Crippen LogP contribution in [0.2, 0.25) is 5.02 Å². The van der Waals surface area contributed by atoms with E-state index in [1.807, 2.05) is 24.3 Å². The molecule has 0 atom stereocenters. The summed E-state index contributed by atoms with van der Waals surface area (Å²) in [6.07, 6.45) is 0. The molecule has 1 amide bonds. The van der Waals surface area contributed by atoms with Crippen molar-refractivity contribution >= 4 is 48.7 Å². The normalized spacial score (nSPS) is 13.3. The number of carbonyl (C=O) groups excluding carboxylic acids is 2. The summed E-state index contributed by atoms with van der Waals surface area (Å²) in [4.78, 5) is 25.8. The molecule has 5 nitrogen and oxygen atoms in total. The maximum absolute atomic E-state index is 12.2. The van der Waals surface area contributed by atoms with Crippen molar-refractivity contribution < 1.29 is 9.59 Å². The van der Waals surface area contributed by atoms with Gasteiger partial charge in [-0.15, -0.1) is 0 Å². The van der Waals surface area contributed by atoms with Gasteiger partial charge < -0.3 is 0 Å². The van der Waals surface area contributed by atoms with E-state index in [0.29, 0.717) is 22.8 Å². The number of rotatable bonds is 5. The molecule has 1 heterocycles. The summed E-state index contributed by atoms with van der Waals surface area (Å²) in [7, 11) is 0. The third kappa shape index (κ3) is 3.36. The number of hydrogen-bond donors (Lipinski definition) is 2. The van der Waals surface area contributed by atoms with Gasteiger partial charge in [-0.3, -0.25) is 0 Å². The molecular weight excluding hydrogens is 393 g/mol. The molecule has 3 N–H and O–H groups in total. The zero-order valence-corrected chi connectivity index (χ0v) is 15.1. The maximum atomic E-state index is 12.2. The number of carbonyl (C=O) groups is 2. The van der Waals surface area contributed by atoms with Crippen molar-refractivity contribution in [1.82, 2.24) is 0 Å². The van der Waals surface area contributed by atoms with E-state index in [9.17, 15) is 9.59 Å². The minimum absolute atomic E-state index is 0.0307. The first-order valence-corrected chi connectivity index (χ1v) is 9.60. The fourth-order valence-corrected chi connectivity index (χ4v) is 3.77. The molecule has 2 aromatic carbocycles. The van der Waals surface area contributed by atoms with Gasteiger partial charge in [0.15, 0.2) is 0 Å². The van der Waals surface area contributed by atoms with E-state index in [1.54, 1.807) is 12.1 Å². The van der Waals surface area contributed by atoms with Crippen molar-refractivity contribution in [3.05, 3.63) is 64.2 Å². The van der Waals surface area contributed by atoms with Crippen LogP contribution in [-0.4, -0.2) is 31.4 Å². The van der Waals surface area contributed by atoms with Crippen LogP contribution in [0.1, 0.15) is 21.5 Å². The van der Waals surface area contributed by atoms with E-state index in [0.717, 1.165) is 16.4 Å². The van der Waals surface area contributed by atoms with Crippen LogP contribution >= 0.6 is 11.6 Å². The Balaban J connectivity index is 1.78. The van der Waals surface area contributed by atoms with Crippen LogP contribution in [-0.2, 0) is 16.7 Å². The van der Waals surface area contributed by atoms with Gasteiger partial charge >= 0.3 is 150 Å². The number of benzene rings is 2. The summed E-state index contributed by atoms with van der Waals surface area (Å²) in [5, 5.41) is 8.49. The minimum atomic E-state index is -0.531. The van der Waals surface area contributed by atoms with E-state index < -0.39 is 11.7 Å². The van der Waals surface area contributed by atoms with Crippen LogP contribution in [0.25, 0.3) is 0 Å². The molecule has 24 heavy (non-hydrogen) atoms. The molecule has 1 aliphatic rings. The number of nitrogens with one attached hydrogen (secondary N) is 1. The van der Waals surface area contributed by atoms with Crippen LogP contribution in [0.4, 0.5) is 5.69 Å². The number of ketones is 1. The zero-order valence-electron chi connectivity index (χ0n) is 12.6. The van der Waals surface area contributed by atoms with Crippen molar-refractivity contribution in [3.63, 3.8) is 0 Å². The Morgan fingerprint density at radius 3 is 2.46 bits per heavy atom. The Labute approximate surface area is 150 Å². The average molecular weight is 407 g/mol. The monoisotopic (exact) mass is 407 g/mol. The molecule has 0 fully saturated rings. The van der Waals surface area contributed by atoms with Gasteiger partial charge in [0.1, 0.15) is 0 Å². The van der Waals surface area contributed by atoms with Crippen LogP contribution in [0.5, 0.6) is 0 Å². The van der Waals surface area contributed by atoms with E-state index in [4.69, 9.17) is 22.7 Å². The molecule has 0 aromatic heterocycles. The van der Waals surface area contributed by atoms with Crippen LogP contribution in [0, 0.1) is 5.41 Å². The standard InChI is InChI=1S/C17H14ClN3O2Se/c18-12-5-6-14-13(7-12)15(22)16(23)21(14)8-10-1-3-11(4-2-10)9-24-17(19)20/h1-7H,8-9H2,(H3,19,20). The Bertz CT molecular complexity index is 836. The molecule has 2 aromatic rings. The number of fused-ring (bicyclic) bond motifs is 1. The second kappa shape index (κ2) is 6.77. The average Bonchev–Trinajstić information content (AvgIpc) is 2.79. The van der Waals surface area contributed by atoms with Crippen molar-refractivity contribution in [3.8, 4) is 0 Å². The molecule has 1 aliphatic heterocycles. The molecule has 0 saturated carbocycles. The number of Topliss-reactive ketones (excluding diaryl/α,β-unsaturated/α-hetero) is 1. The molecule has 0 bridgehead atoms. The summed E-state index contributed by atoms with van der Waals surface area (Å²) in [5.41, 5.74) is 8.37. The van der Waals surface area contributed by atoms with Gasteiger partial charge in [-0.05, 0) is 0 Å². The number of nitrogens with zero attached hydrogens (tertiary/aromatic N) is 1. The van der Waals surface area contributed by atoms with Crippen LogP contribution < -0.4 is 10.6 Å². The summed E-state index contributed by atoms with van der Waals surface area (Å²) in [5.74, 6) is -1.05. The molecule has 3 rings (SSSR count). The van der Waals surface area contributed by atoms with Crippen molar-refractivity contribution in [2.24, 2.45) is 5.73 Å². The SMILES string of the molecule is N=C(N)[Se]Cc1ccc(CN2C(=O)C(=O)c3cc(Cl)ccc32)cc1. The molecule has 0 spiro atoms. The van der Waals surface area contributed by atoms with E-state index in [2.05, 4.69) is 0 Å². The van der Waals surface area contributed by atoms with Crippen molar-refractivity contribution in [2.75, 3.05) is 4.90 Å². The number of anilines is 1. The van der Waals surface area contributed by atoms with Gasteiger partial charge in [0.2, 0.25) is 0 Å². The predicted octanol–water partition coefficient (Wildman–Crippen LogP) is 2.17. The van der Waals surface area contributed by atoms with Crippen LogP contribution in [0.3, 0.4) is 0 Å². The van der Waals surface area contributed by atoms with Crippen molar-refractivity contribution in [2.45, 2.75) is 11.9 Å². The molecular formula is C17H14ClN3O2Se. The van der Waals surface area contributed by atoms with E-state index >= 15 is 0 Å². The van der Waals surface area contributed by atoms with Gasteiger partial charge in [-0.25, -0.2) is 0 Å². The second-order valence-corrected chi connectivity index (χ2v) is 7.92. The second-order valence-electron chi connectivity index (χ2n) is 5.35. The van der Waals surface area contributed by atoms with Crippen LogP contribution in [0.15, 0.2) is 42.5 Å². The quantitative estimate of drug-likeness (QED) is 0.345. The van der Waals surface area contributed by atoms with Gasteiger partial charge in [0, 0.05) is 0 Å². The predicted molar refractivity (Wildman–Crippen MR) is 94.8 cm³/mol. The number of nitrogens with two attached hydrogens (primary N) is 1. The molecule has 0 saturated heterocycles. The topological polar surface area (TPSA) is 87.2 Å². The van der Waals surface area contributed by atoms with Gasteiger partial charge in [-0.2, -0.15) is 0 Å². The number of hydrogen-bond acceptors (Lipinski definition) is 3. The first-order chi connectivity index (χ1) is 11.5. The molecule has 0 radical (unpaired) electrons. The van der Waals surface area contributed by atoms with Gasteiger partial charge in [-0.1, -0.05) is 0 Å². The summed E-state index contributed by atoms with van der Waals surface area (Å²) < 4.78 is 0.225. The van der Waals surface area contributed by atoms with Gasteiger partial charge in [0.25, 0.3) is 0 Å². The Kier molecular flexibility index (Phi) is 4.71. The molecule has 0 aliphatic carbocycles. The molecule has 0 unspecified atom stereocenters. The fraction of sp³-hybridized carbons (Fsp3) is 0.118. The van der Waals surface area contributed by atoms with Gasteiger partial charge in [0.05, 0.1) is 0 Å². The first kappa shape index (κ1) is 16.7. The summed E-state index contributed by atoms with van der Waals surface area (Å²) in [6.45, 7) is 0.331. The third-order valence-corrected chi connectivity index (χ3v) is 5.58. The Hall–Kier alpha value is -2.14. The summed E-state index contributed by atoms with van der Waals surface area (Å²) in [6, 6.07) is 12.7. The molecule has 7 heteroatoms. The molecule has 122 valence electrons. The third-order valence-electron chi connectivity index (χ3n) is 3.69. The Morgan fingerprint density at radius 2 is 1.79 bits per heavy atom. The number of halogens is 1.